The monoisotopic (exact) mass is 392 g/mol. The topological polar surface area (TPSA) is 46.0 Å². The molecular weight excluding hydrogens is 384 g/mol. The molecule has 0 unspecified atom stereocenters. The van der Waals surface area contributed by atoms with Gasteiger partial charge in [-0.2, -0.15) is 14.9 Å². The van der Waals surface area contributed by atoms with Crippen LogP contribution in [0, 0.1) is 4.77 Å². The number of aromatic amines is 1. The molecule has 22 heavy (non-hydrogen) atoms. The molecule has 0 amide bonds. The Hall–Kier alpha value is -1.76. The van der Waals surface area contributed by atoms with Crippen LogP contribution < -0.4 is 0 Å². The van der Waals surface area contributed by atoms with Crippen molar-refractivity contribution in [2.75, 3.05) is 0 Å². The Bertz CT molecular complexity index is 900. The lowest BCUT2D eigenvalue weighted by atomic mass is 10.2. The molecule has 1 heterocycles. The van der Waals surface area contributed by atoms with E-state index in [0.717, 1.165) is 15.6 Å². The lowest BCUT2D eigenvalue weighted by Crippen LogP contribution is -1.95. The maximum atomic E-state index is 6.03. The van der Waals surface area contributed by atoms with Gasteiger partial charge in [0.15, 0.2) is 5.82 Å². The standard InChI is InChI=1S/C15H10BrClN4S/c16-12-5-1-3-10(7-12)9-18-21-14(19-20-15(21)22)11-4-2-6-13(17)8-11/h1-9H,(H,20,22)/b18-9-. The van der Waals surface area contributed by atoms with Crippen molar-refractivity contribution in [3.8, 4) is 11.4 Å². The maximum Gasteiger partial charge on any atom is 0.216 e. The minimum Gasteiger partial charge on any atom is -0.250 e. The van der Waals surface area contributed by atoms with Crippen molar-refractivity contribution in [2.24, 2.45) is 5.10 Å². The summed E-state index contributed by atoms with van der Waals surface area (Å²) in [6, 6.07) is 15.2. The van der Waals surface area contributed by atoms with E-state index >= 15 is 0 Å². The van der Waals surface area contributed by atoms with Gasteiger partial charge in [-0.25, -0.2) is 5.10 Å². The summed E-state index contributed by atoms with van der Waals surface area (Å²) in [7, 11) is 0. The highest BCUT2D eigenvalue weighted by Gasteiger charge is 2.08. The smallest absolute Gasteiger partial charge is 0.216 e. The summed E-state index contributed by atoms with van der Waals surface area (Å²) in [5.74, 6) is 0.610. The molecule has 2 aromatic carbocycles. The van der Waals surface area contributed by atoms with Gasteiger partial charge < -0.3 is 0 Å². The zero-order valence-corrected chi connectivity index (χ0v) is 14.4. The predicted molar refractivity (Wildman–Crippen MR) is 95.0 cm³/mol. The first kappa shape index (κ1) is 15.1. The van der Waals surface area contributed by atoms with E-state index in [0.29, 0.717) is 15.6 Å². The van der Waals surface area contributed by atoms with Crippen molar-refractivity contribution in [3.05, 3.63) is 68.4 Å². The second kappa shape index (κ2) is 6.56. The van der Waals surface area contributed by atoms with Crippen LogP contribution in [0.25, 0.3) is 11.4 Å². The molecule has 0 bridgehead atoms. The van der Waals surface area contributed by atoms with Crippen LogP contribution in [0.1, 0.15) is 5.56 Å². The largest absolute Gasteiger partial charge is 0.250 e. The molecular formula is C15H10BrClN4S. The fourth-order valence-corrected chi connectivity index (χ4v) is 2.71. The second-order valence-corrected chi connectivity index (χ2v) is 6.21. The molecule has 0 aliphatic rings. The highest BCUT2D eigenvalue weighted by atomic mass is 79.9. The van der Waals surface area contributed by atoms with Crippen LogP contribution in [-0.2, 0) is 0 Å². The SMILES string of the molecule is S=c1[nH]nc(-c2cccc(Cl)c2)n1/N=C\c1cccc(Br)c1. The Kier molecular flexibility index (Phi) is 4.52. The quantitative estimate of drug-likeness (QED) is 0.508. The first-order chi connectivity index (χ1) is 10.6. The molecule has 7 heteroatoms. The molecule has 0 atom stereocenters. The molecule has 0 saturated carbocycles. The average molecular weight is 394 g/mol. The molecule has 1 aromatic heterocycles. The van der Waals surface area contributed by atoms with E-state index in [1.807, 2.05) is 42.5 Å². The van der Waals surface area contributed by atoms with E-state index in [2.05, 4.69) is 31.2 Å². The van der Waals surface area contributed by atoms with Crippen LogP contribution in [0.4, 0.5) is 0 Å². The zero-order valence-electron chi connectivity index (χ0n) is 11.2. The first-order valence-corrected chi connectivity index (χ1v) is 7.95. The van der Waals surface area contributed by atoms with E-state index in [9.17, 15) is 0 Å². The summed E-state index contributed by atoms with van der Waals surface area (Å²) in [5.41, 5.74) is 1.79. The van der Waals surface area contributed by atoms with Crippen LogP contribution in [0.15, 0.2) is 58.1 Å². The van der Waals surface area contributed by atoms with Gasteiger partial charge in [-0.15, -0.1) is 0 Å². The van der Waals surface area contributed by atoms with Crippen molar-refractivity contribution < 1.29 is 0 Å². The Morgan fingerprint density at radius 1 is 1.23 bits per heavy atom. The lowest BCUT2D eigenvalue weighted by Gasteiger charge is -2.01. The van der Waals surface area contributed by atoms with Crippen LogP contribution in [0.3, 0.4) is 0 Å². The number of rotatable bonds is 3. The van der Waals surface area contributed by atoms with E-state index in [-0.39, 0.29) is 0 Å². The Balaban J connectivity index is 2.01. The van der Waals surface area contributed by atoms with Gasteiger partial charge in [-0.3, -0.25) is 0 Å². The van der Waals surface area contributed by atoms with Crippen molar-refractivity contribution in [3.63, 3.8) is 0 Å². The summed E-state index contributed by atoms with van der Waals surface area (Å²) >= 11 is 14.7. The lowest BCUT2D eigenvalue weighted by molar-refractivity contribution is 0.871. The molecule has 1 N–H and O–H groups in total. The summed E-state index contributed by atoms with van der Waals surface area (Å²) in [6.07, 6.45) is 1.73. The molecule has 110 valence electrons. The maximum absolute atomic E-state index is 6.03. The summed E-state index contributed by atoms with van der Waals surface area (Å²) < 4.78 is 2.98. The van der Waals surface area contributed by atoms with Gasteiger partial charge in [0.05, 0.1) is 6.21 Å². The van der Waals surface area contributed by atoms with Gasteiger partial charge in [0.1, 0.15) is 0 Å². The third-order valence-electron chi connectivity index (χ3n) is 2.90. The fourth-order valence-electron chi connectivity index (χ4n) is 1.92. The Morgan fingerprint density at radius 3 is 2.82 bits per heavy atom. The number of hydrogen-bond acceptors (Lipinski definition) is 3. The van der Waals surface area contributed by atoms with Gasteiger partial charge in [0.25, 0.3) is 0 Å². The van der Waals surface area contributed by atoms with E-state index in [1.165, 1.54) is 0 Å². The van der Waals surface area contributed by atoms with Crippen molar-refractivity contribution in [2.45, 2.75) is 0 Å². The van der Waals surface area contributed by atoms with Gasteiger partial charge in [0, 0.05) is 15.1 Å². The molecule has 0 spiro atoms. The normalized spacial score (nSPS) is 11.2. The molecule has 3 aromatic rings. The highest BCUT2D eigenvalue weighted by molar-refractivity contribution is 9.10. The van der Waals surface area contributed by atoms with Crippen LogP contribution >= 0.6 is 39.7 Å². The van der Waals surface area contributed by atoms with Gasteiger partial charge in [-0.05, 0) is 42.0 Å². The Morgan fingerprint density at radius 2 is 2.05 bits per heavy atom. The van der Waals surface area contributed by atoms with Gasteiger partial charge in [-0.1, -0.05) is 51.8 Å². The number of halogens is 2. The average Bonchev–Trinajstić information content (AvgIpc) is 2.86. The van der Waals surface area contributed by atoms with E-state index in [4.69, 9.17) is 23.8 Å². The molecule has 0 aliphatic carbocycles. The first-order valence-electron chi connectivity index (χ1n) is 6.37. The fraction of sp³-hybridized carbons (Fsp3) is 0. The summed E-state index contributed by atoms with van der Waals surface area (Å²) in [6.45, 7) is 0. The van der Waals surface area contributed by atoms with E-state index in [1.54, 1.807) is 17.0 Å². The molecule has 0 radical (unpaired) electrons. The van der Waals surface area contributed by atoms with Crippen molar-refractivity contribution in [1.29, 1.82) is 0 Å². The van der Waals surface area contributed by atoms with Gasteiger partial charge in [0.2, 0.25) is 4.77 Å². The molecule has 0 fully saturated rings. The number of benzene rings is 2. The third-order valence-corrected chi connectivity index (χ3v) is 3.90. The van der Waals surface area contributed by atoms with Crippen LogP contribution in [-0.4, -0.2) is 21.1 Å². The Labute approximate surface area is 145 Å². The summed E-state index contributed by atoms with van der Waals surface area (Å²) in [4.78, 5) is 0. The third kappa shape index (κ3) is 3.35. The molecule has 3 rings (SSSR count). The van der Waals surface area contributed by atoms with Crippen molar-refractivity contribution in [1.82, 2.24) is 14.9 Å². The zero-order chi connectivity index (χ0) is 15.5. The van der Waals surface area contributed by atoms with Gasteiger partial charge >= 0.3 is 0 Å². The molecule has 0 aliphatic heterocycles. The van der Waals surface area contributed by atoms with E-state index < -0.39 is 0 Å². The molecule has 0 saturated heterocycles. The van der Waals surface area contributed by atoms with Crippen molar-refractivity contribution >= 4 is 46.0 Å². The van der Waals surface area contributed by atoms with Crippen LogP contribution in [0.2, 0.25) is 5.02 Å². The number of H-pyrrole nitrogens is 1. The predicted octanol–water partition coefficient (Wildman–Crippen LogP) is 4.91. The second-order valence-electron chi connectivity index (χ2n) is 4.47. The number of aromatic nitrogens is 3. The summed E-state index contributed by atoms with van der Waals surface area (Å²) in [5, 5.41) is 12.0. The number of nitrogens with one attached hydrogen (secondary N) is 1. The number of hydrogen-bond donors (Lipinski definition) is 1. The minimum atomic E-state index is 0.418. The van der Waals surface area contributed by atoms with Crippen LogP contribution in [0.5, 0.6) is 0 Å². The molecule has 4 nitrogen and oxygen atoms in total. The number of nitrogens with zero attached hydrogens (tertiary/aromatic N) is 3. The highest BCUT2D eigenvalue weighted by Crippen LogP contribution is 2.21. The minimum absolute atomic E-state index is 0.418.